The molecule has 0 saturated carbocycles. The minimum atomic E-state index is 0.0948. The lowest BCUT2D eigenvalue weighted by atomic mass is 10.2. The number of nitrogens with one attached hydrogen (secondary N) is 1. The molecule has 0 aliphatic rings. The van der Waals surface area contributed by atoms with Crippen LogP contribution in [0.4, 0.5) is 5.69 Å². The Balaban J connectivity index is 2.05. The van der Waals surface area contributed by atoms with Crippen molar-refractivity contribution in [2.24, 2.45) is 0 Å². The lowest BCUT2D eigenvalue weighted by Gasteiger charge is -2.09. The highest BCUT2D eigenvalue weighted by Crippen LogP contribution is 2.20. The molecule has 22 heavy (non-hydrogen) atoms. The Morgan fingerprint density at radius 2 is 2.23 bits per heavy atom. The van der Waals surface area contributed by atoms with E-state index in [1.54, 1.807) is 6.08 Å². The first kappa shape index (κ1) is 16.1. The van der Waals surface area contributed by atoms with Gasteiger partial charge in [-0.25, -0.2) is 0 Å². The maximum atomic E-state index is 9.06. The van der Waals surface area contributed by atoms with Gasteiger partial charge in [-0.05, 0) is 26.0 Å². The van der Waals surface area contributed by atoms with Crippen molar-refractivity contribution in [1.29, 1.82) is 0 Å². The van der Waals surface area contributed by atoms with Crippen molar-refractivity contribution >= 4 is 5.69 Å². The van der Waals surface area contributed by atoms with Crippen molar-refractivity contribution in [2.45, 2.75) is 26.9 Å². The number of nitrogens with zero attached hydrogens (tertiary/aromatic N) is 2. The number of anilines is 1. The van der Waals surface area contributed by atoms with E-state index in [9.17, 15) is 0 Å². The van der Waals surface area contributed by atoms with Crippen molar-refractivity contribution in [3.8, 4) is 5.75 Å². The molecule has 5 heteroatoms. The van der Waals surface area contributed by atoms with Crippen LogP contribution in [0.5, 0.6) is 5.75 Å². The van der Waals surface area contributed by atoms with Crippen molar-refractivity contribution in [3.63, 3.8) is 0 Å². The molecule has 0 aliphatic heterocycles. The molecule has 118 valence electrons. The molecular formula is C17H23N3O2. The van der Waals surface area contributed by atoms with E-state index in [0.717, 1.165) is 28.4 Å². The molecule has 1 heterocycles. The van der Waals surface area contributed by atoms with Gasteiger partial charge in [0.1, 0.15) is 12.4 Å². The number of benzene rings is 1. The largest absolute Gasteiger partial charge is 0.489 e. The van der Waals surface area contributed by atoms with E-state index in [1.807, 2.05) is 42.8 Å². The molecule has 2 aromatic rings. The SMILES string of the molecule is C=CCOc1cccc(NCc2c(C)nn(CCO)c2C)c1. The summed E-state index contributed by atoms with van der Waals surface area (Å²) in [5, 5.41) is 16.9. The normalized spacial score (nSPS) is 10.5. The number of hydrogen-bond donors (Lipinski definition) is 2. The second-order valence-electron chi connectivity index (χ2n) is 5.08. The number of aryl methyl sites for hydroxylation is 1. The Morgan fingerprint density at radius 3 is 2.95 bits per heavy atom. The summed E-state index contributed by atoms with van der Waals surface area (Å²) in [6.07, 6.45) is 1.72. The van der Waals surface area contributed by atoms with E-state index in [1.165, 1.54) is 0 Å². The molecule has 0 amide bonds. The third kappa shape index (κ3) is 3.89. The maximum Gasteiger partial charge on any atom is 0.121 e. The van der Waals surface area contributed by atoms with Crippen LogP contribution in [0.3, 0.4) is 0 Å². The van der Waals surface area contributed by atoms with Gasteiger partial charge < -0.3 is 15.2 Å². The van der Waals surface area contributed by atoms with Gasteiger partial charge in [0.15, 0.2) is 0 Å². The van der Waals surface area contributed by atoms with Crippen LogP contribution in [0.2, 0.25) is 0 Å². The van der Waals surface area contributed by atoms with E-state index in [2.05, 4.69) is 17.0 Å². The third-order valence-electron chi connectivity index (χ3n) is 3.51. The molecular weight excluding hydrogens is 278 g/mol. The van der Waals surface area contributed by atoms with Gasteiger partial charge in [-0.3, -0.25) is 4.68 Å². The standard InChI is InChI=1S/C17H23N3O2/c1-4-10-22-16-7-5-6-15(11-16)18-12-17-13(2)19-20(8-9-21)14(17)3/h4-7,11,18,21H,1,8-10,12H2,2-3H3. The predicted molar refractivity (Wildman–Crippen MR) is 88.2 cm³/mol. The highest BCUT2D eigenvalue weighted by atomic mass is 16.5. The van der Waals surface area contributed by atoms with Gasteiger partial charge in [0.2, 0.25) is 0 Å². The zero-order chi connectivity index (χ0) is 15.9. The maximum absolute atomic E-state index is 9.06. The lowest BCUT2D eigenvalue weighted by molar-refractivity contribution is 0.268. The Bertz CT molecular complexity index is 635. The molecule has 1 aromatic carbocycles. The fourth-order valence-electron chi connectivity index (χ4n) is 2.34. The summed E-state index contributed by atoms with van der Waals surface area (Å²) in [5.74, 6) is 0.814. The van der Waals surface area contributed by atoms with Crippen molar-refractivity contribution in [3.05, 3.63) is 53.9 Å². The average molecular weight is 301 g/mol. The number of rotatable bonds is 8. The number of hydrogen-bond acceptors (Lipinski definition) is 4. The monoisotopic (exact) mass is 301 g/mol. The van der Waals surface area contributed by atoms with E-state index in [4.69, 9.17) is 9.84 Å². The van der Waals surface area contributed by atoms with Crippen LogP contribution in [0.1, 0.15) is 17.0 Å². The summed E-state index contributed by atoms with van der Waals surface area (Å²) in [6.45, 7) is 9.46. The highest BCUT2D eigenvalue weighted by molar-refractivity contribution is 5.49. The third-order valence-corrected chi connectivity index (χ3v) is 3.51. The van der Waals surface area contributed by atoms with Gasteiger partial charge in [0, 0.05) is 29.6 Å². The van der Waals surface area contributed by atoms with Crippen molar-refractivity contribution < 1.29 is 9.84 Å². The summed E-state index contributed by atoms with van der Waals surface area (Å²) >= 11 is 0. The molecule has 0 unspecified atom stereocenters. The summed E-state index contributed by atoms with van der Waals surface area (Å²) in [7, 11) is 0. The zero-order valence-electron chi connectivity index (χ0n) is 13.2. The smallest absolute Gasteiger partial charge is 0.121 e. The number of aliphatic hydroxyl groups is 1. The number of ether oxygens (including phenoxy) is 1. The summed E-state index contributed by atoms with van der Waals surface area (Å²) in [5.41, 5.74) is 4.22. The van der Waals surface area contributed by atoms with Gasteiger partial charge >= 0.3 is 0 Å². The van der Waals surface area contributed by atoms with Crippen molar-refractivity contribution in [1.82, 2.24) is 9.78 Å². The van der Waals surface area contributed by atoms with Crippen LogP contribution in [-0.2, 0) is 13.1 Å². The Hall–Kier alpha value is -2.27. The van der Waals surface area contributed by atoms with Gasteiger partial charge in [0.05, 0.1) is 18.8 Å². The van der Waals surface area contributed by atoms with Crippen LogP contribution in [-0.4, -0.2) is 28.1 Å². The van der Waals surface area contributed by atoms with Crippen LogP contribution in [0.15, 0.2) is 36.9 Å². The van der Waals surface area contributed by atoms with E-state index in [0.29, 0.717) is 19.7 Å². The average Bonchev–Trinajstić information content (AvgIpc) is 2.78. The summed E-state index contributed by atoms with van der Waals surface area (Å²) in [4.78, 5) is 0. The molecule has 0 aliphatic carbocycles. The first-order chi connectivity index (χ1) is 10.7. The van der Waals surface area contributed by atoms with Crippen molar-refractivity contribution in [2.75, 3.05) is 18.5 Å². The molecule has 0 saturated heterocycles. The predicted octanol–water partition coefficient (Wildman–Crippen LogP) is 2.67. The number of aromatic nitrogens is 2. The second-order valence-corrected chi connectivity index (χ2v) is 5.08. The first-order valence-corrected chi connectivity index (χ1v) is 7.37. The summed E-state index contributed by atoms with van der Waals surface area (Å²) in [6, 6.07) is 7.84. The molecule has 0 bridgehead atoms. The van der Waals surface area contributed by atoms with E-state index >= 15 is 0 Å². The molecule has 5 nitrogen and oxygen atoms in total. The topological polar surface area (TPSA) is 59.3 Å². The fourth-order valence-corrected chi connectivity index (χ4v) is 2.34. The minimum Gasteiger partial charge on any atom is -0.489 e. The minimum absolute atomic E-state index is 0.0948. The van der Waals surface area contributed by atoms with E-state index in [-0.39, 0.29) is 6.61 Å². The van der Waals surface area contributed by atoms with E-state index < -0.39 is 0 Å². The van der Waals surface area contributed by atoms with Crippen LogP contribution in [0, 0.1) is 13.8 Å². The quantitative estimate of drug-likeness (QED) is 0.736. The fraction of sp³-hybridized carbons (Fsp3) is 0.353. The molecule has 1 aromatic heterocycles. The lowest BCUT2D eigenvalue weighted by Crippen LogP contribution is -2.07. The molecule has 0 fully saturated rings. The van der Waals surface area contributed by atoms with Gasteiger partial charge in [-0.15, -0.1) is 0 Å². The molecule has 2 rings (SSSR count). The Labute approximate surface area is 131 Å². The highest BCUT2D eigenvalue weighted by Gasteiger charge is 2.10. The van der Waals surface area contributed by atoms with Gasteiger partial charge in [0.25, 0.3) is 0 Å². The van der Waals surface area contributed by atoms with Crippen LogP contribution >= 0.6 is 0 Å². The Morgan fingerprint density at radius 1 is 1.41 bits per heavy atom. The molecule has 0 spiro atoms. The second kappa shape index (κ2) is 7.66. The number of aliphatic hydroxyl groups excluding tert-OH is 1. The Kier molecular flexibility index (Phi) is 5.61. The van der Waals surface area contributed by atoms with Gasteiger partial charge in [-0.2, -0.15) is 5.10 Å². The van der Waals surface area contributed by atoms with Crippen LogP contribution in [0.25, 0.3) is 0 Å². The zero-order valence-corrected chi connectivity index (χ0v) is 13.2. The molecule has 2 N–H and O–H groups in total. The molecule has 0 radical (unpaired) electrons. The van der Waals surface area contributed by atoms with Gasteiger partial charge in [-0.1, -0.05) is 18.7 Å². The van der Waals surface area contributed by atoms with Crippen LogP contribution < -0.4 is 10.1 Å². The first-order valence-electron chi connectivity index (χ1n) is 7.37. The summed E-state index contributed by atoms with van der Waals surface area (Å²) < 4.78 is 7.37. The molecule has 0 atom stereocenters.